The topological polar surface area (TPSA) is 26.0 Å². The molecular formula is C6H16BN. The summed E-state index contributed by atoms with van der Waals surface area (Å²) in [6, 6.07) is 0. The molecule has 0 aromatic carbocycles. The van der Waals surface area contributed by atoms with Gasteiger partial charge in [-0.15, -0.1) is 0 Å². The Labute approximate surface area is 53.1 Å². The van der Waals surface area contributed by atoms with E-state index in [1.54, 1.807) is 0 Å². The molecule has 1 unspecified atom stereocenters. The Morgan fingerprint density at radius 3 is 2.12 bits per heavy atom. The molecule has 0 saturated heterocycles. The molecule has 0 bridgehead atoms. The molecule has 2 N–H and O–H groups in total. The molecule has 0 aromatic rings. The zero-order valence-corrected chi connectivity index (χ0v) is 6.15. The first-order valence-corrected chi connectivity index (χ1v) is 3.37. The van der Waals surface area contributed by atoms with Gasteiger partial charge in [-0.25, -0.2) is 0 Å². The van der Waals surface area contributed by atoms with Gasteiger partial charge < -0.3 is 5.73 Å². The molecule has 0 aliphatic heterocycles. The highest BCUT2D eigenvalue weighted by molar-refractivity contribution is 6.11. The summed E-state index contributed by atoms with van der Waals surface area (Å²) in [4.78, 5) is 0. The highest BCUT2D eigenvalue weighted by Crippen LogP contribution is 2.10. The molecule has 48 valence electrons. The minimum atomic E-state index is 0.704. The van der Waals surface area contributed by atoms with Crippen LogP contribution in [0.25, 0.3) is 0 Å². The van der Waals surface area contributed by atoms with Gasteiger partial charge in [-0.05, 0) is 12.5 Å². The second kappa shape index (κ2) is 3.96. The van der Waals surface area contributed by atoms with Gasteiger partial charge in [0.2, 0.25) is 0 Å². The third-order valence-corrected chi connectivity index (χ3v) is 1.28. The van der Waals surface area contributed by atoms with Crippen molar-refractivity contribution < 1.29 is 0 Å². The zero-order valence-electron chi connectivity index (χ0n) is 6.15. The van der Waals surface area contributed by atoms with Crippen molar-refractivity contribution in [1.29, 1.82) is 0 Å². The quantitative estimate of drug-likeness (QED) is 0.527. The van der Waals surface area contributed by atoms with Crippen molar-refractivity contribution in [2.75, 3.05) is 6.54 Å². The fraction of sp³-hybridized carbons (Fsp3) is 1.00. The van der Waals surface area contributed by atoms with E-state index in [4.69, 9.17) is 5.73 Å². The lowest BCUT2D eigenvalue weighted by Crippen LogP contribution is -2.10. The van der Waals surface area contributed by atoms with Gasteiger partial charge in [-0.3, -0.25) is 0 Å². The Morgan fingerprint density at radius 1 is 1.50 bits per heavy atom. The van der Waals surface area contributed by atoms with Crippen LogP contribution >= 0.6 is 0 Å². The van der Waals surface area contributed by atoms with Gasteiger partial charge in [0, 0.05) is 0 Å². The Bertz CT molecular complexity index is 54.5. The maximum atomic E-state index is 5.42. The number of nitrogens with two attached hydrogens (primary N) is 1. The second-order valence-electron chi connectivity index (χ2n) is 2.97. The summed E-state index contributed by atoms with van der Waals surface area (Å²) < 4.78 is 0. The highest BCUT2D eigenvalue weighted by atomic mass is 14.5. The first-order valence-electron chi connectivity index (χ1n) is 3.37. The van der Waals surface area contributed by atoms with E-state index in [9.17, 15) is 0 Å². The van der Waals surface area contributed by atoms with Crippen LogP contribution in [0.4, 0.5) is 0 Å². The summed E-state index contributed by atoms with van der Waals surface area (Å²) in [5, 5.41) is 0. The molecule has 0 aliphatic rings. The first kappa shape index (κ1) is 8.02. The molecule has 2 heteroatoms. The summed E-state index contributed by atoms with van der Waals surface area (Å²) in [5.74, 6) is 1.50. The van der Waals surface area contributed by atoms with Crippen molar-refractivity contribution in [3.63, 3.8) is 0 Å². The minimum Gasteiger partial charge on any atom is -0.331 e. The van der Waals surface area contributed by atoms with Crippen LogP contribution in [-0.2, 0) is 0 Å². The molecule has 0 heterocycles. The first-order chi connectivity index (χ1) is 3.66. The summed E-state index contributed by atoms with van der Waals surface area (Å²) in [5.41, 5.74) is 5.42. The van der Waals surface area contributed by atoms with Gasteiger partial charge >= 0.3 is 0 Å². The molecule has 0 aliphatic carbocycles. The lowest BCUT2D eigenvalue weighted by molar-refractivity contribution is 0.561. The molecule has 0 aromatic heterocycles. The molecule has 0 fully saturated rings. The van der Waals surface area contributed by atoms with E-state index in [1.165, 1.54) is 6.42 Å². The Hall–Kier alpha value is 0.0249. The molecular weight excluding hydrogens is 96.9 g/mol. The van der Waals surface area contributed by atoms with Crippen molar-refractivity contribution in [3.05, 3.63) is 0 Å². The van der Waals surface area contributed by atoms with Gasteiger partial charge in [0.1, 0.15) is 7.85 Å². The molecule has 8 heavy (non-hydrogen) atoms. The van der Waals surface area contributed by atoms with Gasteiger partial charge in [-0.2, -0.15) is 0 Å². The van der Waals surface area contributed by atoms with Gasteiger partial charge in [-0.1, -0.05) is 26.1 Å². The maximum Gasteiger partial charge on any atom is 0.107 e. The average Bonchev–Trinajstić information content (AvgIpc) is 1.65. The van der Waals surface area contributed by atoms with Crippen LogP contribution in [0.15, 0.2) is 0 Å². The fourth-order valence-corrected chi connectivity index (χ4v) is 0.901. The Morgan fingerprint density at radius 2 is 2.00 bits per heavy atom. The SMILES string of the molecule is BC(CN)CC(C)C. The molecule has 1 nitrogen and oxygen atoms in total. The smallest absolute Gasteiger partial charge is 0.107 e. The summed E-state index contributed by atoms with van der Waals surface area (Å²) in [7, 11) is 2.19. The van der Waals surface area contributed by atoms with Crippen LogP contribution < -0.4 is 5.73 Å². The van der Waals surface area contributed by atoms with E-state index >= 15 is 0 Å². The van der Waals surface area contributed by atoms with Crippen molar-refractivity contribution in [3.8, 4) is 0 Å². The Balaban J connectivity index is 3.10. The molecule has 0 saturated carbocycles. The lowest BCUT2D eigenvalue weighted by atomic mass is 9.81. The van der Waals surface area contributed by atoms with E-state index < -0.39 is 0 Å². The maximum absolute atomic E-state index is 5.42. The van der Waals surface area contributed by atoms with E-state index in [2.05, 4.69) is 21.7 Å². The van der Waals surface area contributed by atoms with Crippen LogP contribution in [0.5, 0.6) is 0 Å². The number of rotatable bonds is 3. The average molecular weight is 113 g/mol. The third kappa shape index (κ3) is 4.19. The fourth-order valence-electron chi connectivity index (χ4n) is 0.901. The van der Waals surface area contributed by atoms with Gasteiger partial charge in [0.15, 0.2) is 0 Å². The monoisotopic (exact) mass is 113 g/mol. The van der Waals surface area contributed by atoms with Gasteiger partial charge in [0.05, 0.1) is 0 Å². The molecule has 0 radical (unpaired) electrons. The molecule has 0 spiro atoms. The van der Waals surface area contributed by atoms with Crippen LogP contribution in [0.2, 0.25) is 5.82 Å². The summed E-state index contributed by atoms with van der Waals surface area (Å²) in [6.45, 7) is 5.29. The van der Waals surface area contributed by atoms with Crippen LogP contribution in [0.1, 0.15) is 20.3 Å². The second-order valence-corrected chi connectivity index (χ2v) is 2.97. The highest BCUT2D eigenvalue weighted by Gasteiger charge is 2.00. The largest absolute Gasteiger partial charge is 0.331 e. The summed E-state index contributed by atoms with van der Waals surface area (Å²) in [6.07, 6.45) is 1.26. The van der Waals surface area contributed by atoms with Crippen LogP contribution in [0.3, 0.4) is 0 Å². The van der Waals surface area contributed by atoms with E-state index in [0.29, 0.717) is 5.82 Å². The van der Waals surface area contributed by atoms with E-state index in [0.717, 1.165) is 12.5 Å². The lowest BCUT2D eigenvalue weighted by Gasteiger charge is -2.09. The van der Waals surface area contributed by atoms with Crippen molar-refractivity contribution >= 4 is 7.85 Å². The van der Waals surface area contributed by atoms with E-state index in [-0.39, 0.29) is 0 Å². The van der Waals surface area contributed by atoms with Crippen LogP contribution in [0, 0.1) is 5.92 Å². The van der Waals surface area contributed by atoms with Crippen LogP contribution in [-0.4, -0.2) is 14.4 Å². The zero-order chi connectivity index (χ0) is 6.57. The predicted molar refractivity (Wildman–Crippen MR) is 40.8 cm³/mol. The van der Waals surface area contributed by atoms with E-state index in [1.807, 2.05) is 0 Å². The van der Waals surface area contributed by atoms with Crippen molar-refractivity contribution in [2.24, 2.45) is 11.7 Å². The molecule has 0 amide bonds. The van der Waals surface area contributed by atoms with Gasteiger partial charge in [0.25, 0.3) is 0 Å². The molecule has 1 atom stereocenters. The molecule has 0 rings (SSSR count). The third-order valence-electron chi connectivity index (χ3n) is 1.28. The number of hydrogen-bond acceptors (Lipinski definition) is 1. The Kier molecular flexibility index (Phi) is 3.97. The summed E-state index contributed by atoms with van der Waals surface area (Å²) >= 11 is 0. The van der Waals surface area contributed by atoms with Crippen molar-refractivity contribution in [1.82, 2.24) is 0 Å². The normalized spacial score (nSPS) is 14.5. The predicted octanol–water partition coefficient (Wildman–Crippen LogP) is 0.413. The standard InChI is InChI=1S/C6H16BN/c1-5(2)3-6(7)4-8/h5-6H,3-4,7-8H2,1-2H3. The minimum absolute atomic E-state index is 0.704. The van der Waals surface area contributed by atoms with Crippen molar-refractivity contribution in [2.45, 2.75) is 26.1 Å². The number of hydrogen-bond donors (Lipinski definition) is 1.